The molecule has 2 aromatic rings. The molecule has 2 rings (SSSR count). The molecule has 29 heavy (non-hydrogen) atoms. The van der Waals surface area contributed by atoms with E-state index in [1.54, 1.807) is 12.1 Å². The summed E-state index contributed by atoms with van der Waals surface area (Å²) in [6, 6.07) is 8.33. The molecular weight excluding hydrogens is 411 g/mol. The molecule has 0 bridgehead atoms. The number of rotatable bonds is 7. The molecule has 0 saturated heterocycles. The molecule has 0 radical (unpaired) electrons. The van der Waals surface area contributed by atoms with Crippen LogP contribution in [0.2, 0.25) is 5.02 Å². The number of nitrogens with one attached hydrogen (secondary N) is 1. The molecule has 5 nitrogen and oxygen atoms in total. The fourth-order valence-corrected chi connectivity index (χ4v) is 2.56. The molecule has 1 N–H and O–H groups in total. The highest BCUT2D eigenvalue weighted by atomic mass is 35.5. The van der Waals surface area contributed by atoms with Crippen LogP contribution in [-0.4, -0.2) is 26.4 Å². The van der Waals surface area contributed by atoms with Gasteiger partial charge in [0.05, 0.1) is 18.4 Å². The van der Waals surface area contributed by atoms with Crippen LogP contribution in [0.3, 0.4) is 0 Å². The summed E-state index contributed by atoms with van der Waals surface area (Å²) in [5.41, 5.74) is -0.589. The predicted molar refractivity (Wildman–Crippen MR) is 105 cm³/mol. The molecule has 0 aromatic heterocycles. The van der Waals surface area contributed by atoms with Crippen molar-refractivity contribution in [2.75, 3.05) is 25.6 Å². The number of carbonyl (C=O) groups is 1. The zero-order valence-electron chi connectivity index (χ0n) is 15.7. The molecule has 0 atom stereocenters. The quantitative estimate of drug-likeness (QED) is 0.546. The van der Waals surface area contributed by atoms with Crippen LogP contribution in [0.5, 0.6) is 11.5 Å². The highest BCUT2D eigenvalue weighted by molar-refractivity contribution is 6.30. The fourth-order valence-electron chi connectivity index (χ4n) is 2.39. The van der Waals surface area contributed by atoms with Crippen LogP contribution in [0.1, 0.15) is 18.1 Å². The summed E-state index contributed by atoms with van der Waals surface area (Å²) >= 11 is 5.60. The van der Waals surface area contributed by atoms with E-state index >= 15 is 0 Å². The van der Waals surface area contributed by atoms with Gasteiger partial charge in [0, 0.05) is 5.02 Å². The Bertz CT molecular complexity index is 885. The molecular formula is C20H19ClF3NO4. The molecule has 0 aliphatic carbocycles. The van der Waals surface area contributed by atoms with Crippen molar-refractivity contribution in [1.82, 2.24) is 0 Å². The molecule has 156 valence electrons. The van der Waals surface area contributed by atoms with Crippen LogP contribution in [0.25, 0.3) is 6.08 Å². The number of hydrogen-bond acceptors (Lipinski definition) is 4. The summed E-state index contributed by atoms with van der Waals surface area (Å²) in [5, 5.41) is 1.96. The Hall–Kier alpha value is -2.87. The average molecular weight is 430 g/mol. The van der Waals surface area contributed by atoms with Crippen molar-refractivity contribution in [3.63, 3.8) is 0 Å². The average Bonchev–Trinajstić information content (AvgIpc) is 2.66. The summed E-state index contributed by atoms with van der Waals surface area (Å²) in [7, 11) is 1.50. The van der Waals surface area contributed by atoms with E-state index in [4.69, 9.17) is 25.8 Å². The third kappa shape index (κ3) is 6.60. The highest BCUT2D eigenvalue weighted by Crippen LogP contribution is 2.36. The van der Waals surface area contributed by atoms with Crippen LogP contribution in [0.15, 0.2) is 42.5 Å². The molecule has 0 heterocycles. The van der Waals surface area contributed by atoms with Crippen molar-refractivity contribution in [1.29, 1.82) is 0 Å². The van der Waals surface area contributed by atoms with Gasteiger partial charge in [-0.25, -0.2) is 4.79 Å². The number of amides is 1. The number of benzene rings is 2. The predicted octanol–water partition coefficient (Wildman–Crippen LogP) is 6.03. The van der Waals surface area contributed by atoms with Gasteiger partial charge < -0.3 is 14.2 Å². The van der Waals surface area contributed by atoms with Crippen molar-refractivity contribution in [2.24, 2.45) is 0 Å². The first-order chi connectivity index (χ1) is 13.7. The number of ether oxygens (including phenoxy) is 3. The number of methoxy groups -OCH3 is 1. The minimum atomic E-state index is -4.67. The van der Waals surface area contributed by atoms with Crippen molar-refractivity contribution in [2.45, 2.75) is 13.1 Å². The van der Waals surface area contributed by atoms with E-state index in [2.05, 4.69) is 5.32 Å². The number of anilines is 1. The summed E-state index contributed by atoms with van der Waals surface area (Å²) in [5.74, 6) is 0.947. The second-order valence-electron chi connectivity index (χ2n) is 5.71. The van der Waals surface area contributed by atoms with Crippen LogP contribution >= 0.6 is 11.6 Å². The van der Waals surface area contributed by atoms with Gasteiger partial charge in [0.15, 0.2) is 11.5 Å². The Morgan fingerprint density at radius 1 is 1.14 bits per heavy atom. The lowest BCUT2D eigenvalue weighted by Crippen LogP contribution is -2.20. The zero-order valence-corrected chi connectivity index (χ0v) is 16.4. The van der Waals surface area contributed by atoms with Gasteiger partial charge in [0.2, 0.25) is 0 Å². The maximum Gasteiger partial charge on any atom is 0.418 e. The maximum absolute atomic E-state index is 13.0. The first-order valence-corrected chi connectivity index (χ1v) is 8.86. The van der Waals surface area contributed by atoms with Gasteiger partial charge in [0.1, 0.15) is 13.2 Å². The second-order valence-corrected chi connectivity index (χ2v) is 6.14. The van der Waals surface area contributed by atoms with Crippen LogP contribution in [-0.2, 0) is 10.9 Å². The normalized spacial score (nSPS) is 11.4. The van der Waals surface area contributed by atoms with E-state index in [1.165, 1.54) is 13.2 Å². The number of carbonyl (C=O) groups excluding carboxylic acids is 1. The number of alkyl halides is 3. The van der Waals surface area contributed by atoms with Crippen LogP contribution in [0, 0.1) is 0 Å². The molecule has 0 spiro atoms. The van der Waals surface area contributed by atoms with Gasteiger partial charge in [0.25, 0.3) is 0 Å². The summed E-state index contributed by atoms with van der Waals surface area (Å²) in [4.78, 5) is 11.8. The highest BCUT2D eigenvalue weighted by Gasteiger charge is 2.34. The van der Waals surface area contributed by atoms with Gasteiger partial charge >= 0.3 is 12.3 Å². The van der Waals surface area contributed by atoms with E-state index in [1.807, 2.05) is 25.1 Å². The van der Waals surface area contributed by atoms with Gasteiger partial charge in [-0.3, -0.25) is 5.32 Å². The molecule has 2 aromatic carbocycles. The molecule has 0 unspecified atom stereocenters. The summed E-state index contributed by atoms with van der Waals surface area (Å²) in [6.45, 7) is 1.70. The first kappa shape index (κ1) is 22.4. The first-order valence-electron chi connectivity index (χ1n) is 8.48. The molecule has 0 fully saturated rings. The molecule has 1 amide bonds. The van der Waals surface area contributed by atoms with Crippen LogP contribution in [0.4, 0.5) is 23.7 Å². The van der Waals surface area contributed by atoms with E-state index < -0.39 is 23.5 Å². The molecule has 0 aliphatic heterocycles. The topological polar surface area (TPSA) is 56.8 Å². The Morgan fingerprint density at radius 2 is 1.90 bits per heavy atom. The lowest BCUT2D eigenvalue weighted by molar-refractivity contribution is -0.136. The maximum atomic E-state index is 13.0. The van der Waals surface area contributed by atoms with E-state index in [9.17, 15) is 18.0 Å². The van der Waals surface area contributed by atoms with E-state index in [0.717, 1.165) is 17.7 Å². The second kappa shape index (κ2) is 10.1. The number of allylic oxidation sites excluding steroid dienone is 1. The Labute approximate surface area is 171 Å². The third-order valence-electron chi connectivity index (χ3n) is 3.64. The van der Waals surface area contributed by atoms with Crippen LogP contribution < -0.4 is 14.8 Å². The Balaban J connectivity index is 1.90. The molecule has 0 saturated carbocycles. The van der Waals surface area contributed by atoms with Crippen molar-refractivity contribution in [3.05, 3.63) is 58.6 Å². The minimum absolute atomic E-state index is 0.0144. The lowest BCUT2D eigenvalue weighted by Gasteiger charge is -2.15. The fraction of sp³-hybridized carbons (Fsp3) is 0.250. The van der Waals surface area contributed by atoms with Gasteiger partial charge in [-0.1, -0.05) is 29.8 Å². The zero-order chi connectivity index (χ0) is 21.4. The SMILES string of the molecule is C/C=C/c1ccc(OCCOC(=O)Nc2ccc(Cl)cc2C(F)(F)F)c(OC)c1. The molecule has 0 aliphatic rings. The summed E-state index contributed by atoms with van der Waals surface area (Å²) < 4.78 is 54.7. The third-order valence-corrected chi connectivity index (χ3v) is 3.88. The number of halogens is 4. The van der Waals surface area contributed by atoms with E-state index in [-0.39, 0.29) is 18.2 Å². The van der Waals surface area contributed by atoms with E-state index in [0.29, 0.717) is 11.5 Å². The Morgan fingerprint density at radius 3 is 2.55 bits per heavy atom. The molecule has 9 heteroatoms. The van der Waals surface area contributed by atoms with Crippen molar-refractivity contribution in [3.8, 4) is 11.5 Å². The van der Waals surface area contributed by atoms with Gasteiger partial charge in [-0.15, -0.1) is 0 Å². The largest absolute Gasteiger partial charge is 0.493 e. The Kier molecular flexibility index (Phi) is 7.78. The minimum Gasteiger partial charge on any atom is -0.493 e. The van der Waals surface area contributed by atoms with Gasteiger partial charge in [-0.05, 0) is 42.8 Å². The number of hydrogen-bond donors (Lipinski definition) is 1. The monoisotopic (exact) mass is 429 g/mol. The van der Waals surface area contributed by atoms with Gasteiger partial charge in [-0.2, -0.15) is 13.2 Å². The van der Waals surface area contributed by atoms with Crippen molar-refractivity contribution < 1.29 is 32.2 Å². The summed E-state index contributed by atoms with van der Waals surface area (Å²) in [6.07, 6.45) is -1.94. The lowest BCUT2D eigenvalue weighted by atomic mass is 10.1. The standard InChI is InChI=1S/C20H19ClF3NO4/c1-3-4-13-5-8-17(18(11-13)27-2)28-9-10-29-19(26)25-16-7-6-14(21)12-15(16)20(22,23)24/h3-8,11-12H,9-10H2,1-2H3,(H,25,26)/b4-3+. The smallest absolute Gasteiger partial charge is 0.418 e. The van der Waals surface area contributed by atoms with Crippen molar-refractivity contribution >= 4 is 29.5 Å².